The summed E-state index contributed by atoms with van der Waals surface area (Å²) in [4.78, 5) is 12.2. The Kier molecular flexibility index (Phi) is 5.83. The summed E-state index contributed by atoms with van der Waals surface area (Å²) >= 11 is 0. The lowest BCUT2D eigenvalue weighted by Crippen LogP contribution is -2.34. The molecule has 0 aromatic heterocycles. The molecule has 0 fully saturated rings. The molecule has 0 spiro atoms. The van der Waals surface area contributed by atoms with Crippen LogP contribution in [0.5, 0.6) is 5.75 Å². The normalized spacial score (nSPS) is 12.8. The molecule has 1 unspecified atom stereocenters. The quantitative estimate of drug-likeness (QED) is 0.321. The lowest BCUT2D eigenvalue weighted by atomic mass is 10.0. The van der Waals surface area contributed by atoms with Gasteiger partial charge in [-0.3, -0.25) is 4.79 Å². The molecule has 4 N–H and O–H groups in total. The molecular formula is C14H21N3O3. The minimum absolute atomic E-state index is 0.0871. The highest BCUT2D eigenvalue weighted by Crippen LogP contribution is 2.26. The number of carbonyl (C=O) groups excluding carboxylic acids is 1. The maximum Gasteiger partial charge on any atom is 0.235 e. The molecule has 20 heavy (non-hydrogen) atoms. The third-order valence-corrected chi connectivity index (χ3v) is 2.98. The number of ether oxygens (including phenoxy) is 1. The molecule has 0 heterocycles. The van der Waals surface area contributed by atoms with Crippen molar-refractivity contribution in [3.8, 4) is 5.75 Å². The highest BCUT2D eigenvalue weighted by atomic mass is 16.5. The summed E-state index contributed by atoms with van der Waals surface area (Å²) in [6.45, 7) is 3.85. The number of nitrogens with two attached hydrogens (primary N) is 1. The molecule has 1 aromatic carbocycles. The summed E-state index contributed by atoms with van der Waals surface area (Å²) in [5.41, 5.74) is 7.14. The van der Waals surface area contributed by atoms with E-state index in [1.165, 1.54) is 7.11 Å². The Bertz CT molecular complexity index is 500. The number of amidine groups is 1. The lowest BCUT2D eigenvalue weighted by Gasteiger charge is -2.16. The number of hydrogen-bond acceptors (Lipinski definition) is 4. The van der Waals surface area contributed by atoms with E-state index in [0.29, 0.717) is 17.9 Å². The largest absolute Gasteiger partial charge is 0.495 e. The molecule has 0 aliphatic rings. The molecule has 1 amide bonds. The van der Waals surface area contributed by atoms with Crippen LogP contribution in [-0.2, 0) is 4.79 Å². The van der Waals surface area contributed by atoms with Crippen LogP contribution in [-0.4, -0.2) is 24.1 Å². The molecule has 0 saturated carbocycles. The number of aryl methyl sites for hydroxylation is 1. The molecule has 0 aliphatic carbocycles. The first-order valence-electron chi connectivity index (χ1n) is 6.46. The molecule has 6 heteroatoms. The van der Waals surface area contributed by atoms with Crippen LogP contribution in [0.25, 0.3) is 0 Å². The van der Waals surface area contributed by atoms with E-state index in [4.69, 9.17) is 15.7 Å². The first-order valence-corrected chi connectivity index (χ1v) is 6.46. The highest BCUT2D eigenvalue weighted by molar-refractivity contribution is 6.08. The smallest absolute Gasteiger partial charge is 0.235 e. The molecule has 0 saturated heterocycles. The van der Waals surface area contributed by atoms with Crippen LogP contribution < -0.4 is 15.8 Å². The van der Waals surface area contributed by atoms with Gasteiger partial charge in [-0.05, 0) is 31.0 Å². The zero-order valence-corrected chi connectivity index (χ0v) is 12.0. The molecule has 0 radical (unpaired) electrons. The van der Waals surface area contributed by atoms with E-state index < -0.39 is 5.92 Å². The zero-order valence-electron chi connectivity index (χ0n) is 12.0. The summed E-state index contributed by atoms with van der Waals surface area (Å²) in [5.74, 6) is -0.490. The summed E-state index contributed by atoms with van der Waals surface area (Å²) in [7, 11) is 1.54. The van der Waals surface area contributed by atoms with Crippen LogP contribution in [0, 0.1) is 12.8 Å². The van der Waals surface area contributed by atoms with E-state index >= 15 is 0 Å². The SMILES string of the molecule is CCCC(C(=O)Nc1cc(C)ccc1OC)C(N)=NO. The van der Waals surface area contributed by atoms with Crippen molar-refractivity contribution in [2.45, 2.75) is 26.7 Å². The van der Waals surface area contributed by atoms with Gasteiger partial charge < -0.3 is 21.0 Å². The van der Waals surface area contributed by atoms with E-state index in [1.54, 1.807) is 6.07 Å². The Morgan fingerprint density at radius 3 is 2.80 bits per heavy atom. The third-order valence-electron chi connectivity index (χ3n) is 2.98. The van der Waals surface area contributed by atoms with Crippen molar-refractivity contribution in [2.75, 3.05) is 12.4 Å². The number of hydrogen-bond donors (Lipinski definition) is 3. The van der Waals surface area contributed by atoms with Crippen LogP contribution in [0.15, 0.2) is 23.4 Å². The summed E-state index contributed by atoms with van der Waals surface area (Å²) in [6, 6.07) is 5.48. The minimum Gasteiger partial charge on any atom is -0.495 e. The number of methoxy groups -OCH3 is 1. The van der Waals surface area contributed by atoms with Gasteiger partial charge in [0.2, 0.25) is 5.91 Å². The fourth-order valence-corrected chi connectivity index (χ4v) is 1.91. The van der Waals surface area contributed by atoms with Gasteiger partial charge in [0.15, 0.2) is 5.84 Å². The molecular weight excluding hydrogens is 258 g/mol. The molecule has 1 atom stereocenters. The van der Waals surface area contributed by atoms with Crippen LogP contribution in [0.2, 0.25) is 0 Å². The van der Waals surface area contributed by atoms with Gasteiger partial charge in [0.25, 0.3) is 0 Å². The van der Waals surface area contributed by atoms with Gasteiger partial charge in [0.05, 0.1) is 18.7 Å². The first kappa shape index (κ1) is 15.8. The number of nitrogens with zero attached hydrogens (tertiary/aromatic N) is 1. The van der Waals surface area contributed by atoms with Crippen LogP contribution >= 0.6 is 0 Å². The average molecular weight is 279 g/mol. The van der Waals surface area contributed by atoms with Crippen molar-refractivity contribution >= 4 is 17.4 Å². The van der Waals surface area contributed by atoms with Crippen molar-refractivity contribution in [1.29, 1.82) is 0 Å². The van der Waals surface area contributed by atoms with E-state index in [9.17, 15) is 4.79 Å². The highest BCUT2D eigenvalue weighted by Gasteiger charge is 2.23. The fourth-order valence-electron chi connectivity index (χ4n) is 1.91. The van der Waals surface area contributed by atoms with Crippen LogP contribution in [0.4, 0.5) is 5.69 Å². The van der Waals surface area contributed by atoms with Gasteiger partial charge in [-0.25, -0.2) is 0 Å². The van der Waals surface area contributed by atoms with Gasteiger partial charge in [0, 0.05) is 0 Å². The number of amides is 1. The predicted molar refractivity (Wildman–Crippen MR) is 78.2 cm³/mol. The van der Waals surface area contributed by atoms with Gasteiger partial charge in [-0.1, -0.05) is 24.6 Å². The molecule has 1 aromatic rings. The lowest BCUT2D eigenvalue weighted by molar-refractivity contribution is -0.118. The maximum atomic E-state index is 12.2. The number of rotatable bonds is 6. The average Bonchev–Trinajstić information content (AvgIpc) is 2.44. The first-order chi connectivity index (χ1) is 9.53. The van der Waals surface area contributed by atoms with Crippen molar-refractivity contribution in [3.05, 3.63) is 23.8 Å². The van der Waals surface area contributed by atoms with Gasteiger partial charge in [-0.15, -0.1) is 0 Å². The van der Waals surface area contributed by atoms with Crippen molar-refractivity contribution in [1.82, 2.24) is 0 Å². The Balaban J connectivity index is 2.96. The second kappa shape index (κ2) is 7.37. The number of carbonyl (C=O) groups is 1. The van der Waals surface area contributed by atoms with Crippen molar-refractivity contribution in [2.24, 2.45) is 16.8 Å². The molecule has 0 bridgehead atoms. The van der Waals surface area contributed by atoms with Crippen LogP contribution in [0.1, 0.15) is 25.3 Å². The van der Waals surface area contributed by atoms with E-state index in [1.807, 2.05) is 26.0 Å². The summed E-state index contributed by atoms with van der Waals surface area (Å²) in [6.07, 6.45) is 1.26. The second-order valence-electron chi connectivity index (χ2n) is 4.56. The summed E-state index contributed by atoms with van der Waals surface area (Å²) < 4.78 is 5.20. The summed E-state index contributed by atoms with van der Waals surface area (Å²) in [5, 5.41) is 14.4. The Labute approximate surface area is 118 Å². The Hall–Kier alpha value is -2.24. The predicted octanol–water partition coefficient (Wildman–Crippen LogP) is 2.10. The van der Waals surface area contributed by atoms with Gasteiger partial charge >= 0.3 is 0 Å². The second-order valence-corrected chi connectivity index (χ2v) is 4.56. The monoisotopic (exact) mass is 279 g/mol. The van der Waals surface area contributed by atoms with Crippen LogP contribution in [0.3, 0.4) is 0 Å². The molecule has 1 rings (SSSR count). The zero-order chi connectivity index (χ0) is 15.1. The number of anilines is 1. The number of nitrogens with one attached hydrogen (secondary N) is 1. The maximum absolute atomic E-state index is 12.2. The van der Waals surface area contributed by atoms with Crippen molar-refractivity contribution < 1.29 is 14.7 Å². The van der Waals surface area contributed by atoms with Crippen molar-refractivity contribution in [3.63, 3.8) is 0 Å². The minimum atomic E-state index is -0.657. The number of benzene rings is 1. The topological polar surface area (TPSA) is 96.9 Å². The Morgan fingerprint density at radius 1 is 1.55 bits per heavy atom. The fraction of sp³-hybridized carbons (Fsp3) is 0.429. The van der Waals surface area contributed by atoms with Gasteiger partial charge in [0.1, 0.15) is 5.75 Å². The standard InChI is InChI=1S/C14H21N3O3/c1-4-5-10(13(15)17-19)14(18)16-11-8-9(2)6-7-12(11)20-3/h6-8,10,19H,4-5H2,1-3H3,(H2,15,17)(H,16,18). The van der Waals surface area contributed by atoms with E-state index in [0.717, 1.165) is 12.0 Å². The Morgan fingerprint density at radius 2 is 2.25 bits per heavy atom. The molecule has 110 valence electrons. The molecule has 0 aliphatic heterocycles. The van der Waals surface area contributed by atoms with Gasteiger partial charge in [-0.2, -0.15) is 0 Å². The third kappa shape index (κ3) is 3.88. The van der Waals surface area contributed by atoms with E-state index in [-0.39, 0.29) is 11.7 Å². The number of oxime groups is 1. The molecule has 6 nitrogen and oxygen atoms in total. The van der Waals surface area contributed by atoms with E-state index in [2.05, 4.69) is 10.5 Å².